The van der Waals surface area contributed by atoms with Crippen molar-refractivity contribution in [1.82, 2.24) is 0 Å². The van der Waals surface area contributed by atoms with Crippen molar-refractivity contribution in [3.05, 3.63) is 0 Å². The highest BCUT2D eigenvalue weighted by Crippen LogP contribution is 2.23. The van der Waals surface area contributed by atoms with Crippen molar-refractivity contribution >= 4 is 6.29 Å². The zero-order chi connectivity index (χ0) is 16.3. The summed E-state index contributed by atoms with van der Waals surface area (Å²) in [4.78, 5) is 11.0. The van der Waals surface area contributed by atoms with Crippen LogP contribution in [0.15, 0.2) is 0 Å². The number of rotatable bonds is 6. The molecule has 1 saturated heterocycles. The molecule has 0 aromatic heterocycles. The third-order valence-corrected chi connectivity index (χ3v) is 3.41. The van der Waals surface area contributed by atoms with E-state index in [0.29, 0.717) is 0 Å². The van der Waals surface area contributed by atoms with E-state index in [0.717, 1.165) is 0 Å². The second-order valence-electron chi connectivity index (χ2n) is 5.14. The van der Waals surface area contributed by atoms with Crippen LogP contribution < -0.4 is 0 Å². The molecular formula is C12H22O9. The lowest BCUT2D eigenvalue weighted by atomic mass is 9.99. The number of carbonyl (C=O) groups is 1. The molecule has 21 heavy (non-hydrogen) atoms. The van der Waals surface area contributed by atoms with E-state index in [1.54, 1.807) is 0 Å². The summed E-state index contributed by atoms with van der Waals surface area (Å²) in [5, 5.41) is 57.3. The van der Waals surface area contributed by atoms with E-state index in [-0.39, 0.29) is 6.29 Å². The molecule has 124 valence electrons. The van der Waals surface area contributed by atoms with Crippen LogP contribution in [0.2, 0.25) is 0 Å². The molecule has 1 rings (SSSR count). The van der Waals surface area contributed by atoms with Crippen LogP contribution in [0.25, 0.3) is 0 Å². The molecule has 0 bridgehead atoms. The maximum Gasteiger partial charge on any atom is 0.187 e. The first-order valence-electron chi connectivity index (χ1n) is 6.55. The molecule has 0 spiro atoms. The van der Waals surface area contributed by atoms with Gasteiger partial charge in [0, 0.05) is 0 Å². The molecule has 1 aliphatic rings. The molecule has 1 heterocycles. The fourth-order valence-corrected chi connectivity index (χ4v) is 1.95. The van der Waals surface area contributed by atoms with Gasteiger partial charge in [-0.3, -0.25) is 0 Å². The van der Waals surface area contributed by atoms with Gasteiger partial charge in [0.2, 0.25) is 0 Å². The van der Waals surface area contributed by atoms with E-state index in [4.69, 9.17) is 9.47 Å². The van der Waals surface area contributed by atoms with Gasteiger partial charge in [-0.05, 0) is 13.8 Å². The van der Waals surface area contributed by atoms with Crippen LogP contribution in [0.4, 0.5) is 0 Å². The Morgan fingerprint density at radius 1 is 1.05 bits per heavy atom. The Balaban J connectivity index is 2.74. The minimum atomic E-state index is -1.75. The first-order chi connectivity index (χ1) is 9.70. The Bertz CT molecular complexity index is 337. The van der Waals surface area contributed by atoms with Crippen molar-refractivity contribution in [2.75, 3.05) is 0 Å². The predicted octanol–water partition coefficient (Wildman–Crippen LogP) is -3.50. The molecule has 0 unspecified atom stereocenters. The topological polar surface area (TPSA) is 157 Å². The lowest BCUT2D eigenvalue weighted by molar-refractivity contribution is -0.308. The van der Waals surface area contributed by atoms with Crippen molar-refractivity contribution in [1.29, 1.82) is 0 Å². The third-order valence-electron chi connectivity index (χ3n) is 3.41. The highest BCUT2D eigenvalue weighted by molar-refractivity contribution is 5.57. The predicted molar refractivity (Wildman–Crippen MR) is 67.0 cm³/mol. The van der Waals surface area contributed by atoms with Crippen molar-refractivity contribution in [3.8, 4) is 0 Å². The maximum absolute atomic E-state index is 11.0. The Morgan fingerprint density at radius 2 is 1.62 bits per heavy atom. The van der Waals surface area contributed by atoms with Gasteiger partial charge in [-0.15, -0.1) is 0 Å². The van der Waals surface area contributed by atoms with Gasteiger partial charge >= 0.3 is 0 Å². The molecule has 6 N–H and O–H groups in total. The van der Waals surface area contributed by atoms with Crippen LogP contribution >= 0.6 is 0 Å². The average molecular weight is 310 g/mol. The summed E-state index contributed by atoms with van der Waals surface area (Å²) < 4.78 is 10.2. The highest BCUT2D eigenvalue weighted by atomic mass is 16.7. The Morgan fingerprint density at radius 3 is 2.10 bits per heavy atom. The monoisotopic (exact) mass is 310 g/mol. The quantitative estimate of drug-likeness (QED) is 0.274. The van der Waals surface area contributed by atoms with Gasteiger partial charge in [0.1, 0.15) is 36.6 Å². The zero-order valence-electron chi connectivity index (χ0n) is 11.7. The minimum absolute atomic E-state index is 0.175. The Kier molecular flexibility index (Phi) is 6.63. The van der Waals surface area contributed by atoms with Gasteiger partial charge in [0.15, 0.2) is 12.6 Å². The summed E-state index contributed by atoms with van der Waals surface area (Å²) in [6.07, 6.45) is -13.0. The van der Waals surface area contributed by atoms with Crippen molar-refractivity contribution < 1.29 is 44.9 Å². The summed E-state index contributed by atoms with van der Waals surface area (Å²) in [7, 11) is 0. The summed E-state index contributed by atoms with van der Waals surface area (Å²) in [5.41, 5.74) is 0. The van der Waals surface area contributed by atoms with Crippen LogP contribution in [0, 0.1) is 0 Å². The minimum Gasteiger partial charge on any atom is -0.391 e. The number of hydrogen-bond acceptors (Lipinski definition) is 9. The number of aldehydes is 1. The molecule has 9 heteroatoms. The van der Waals surface area contributed by atoms with Gasteiger partial charge in [-0.25, -0.2) is 0 Å². The Hall–Kier alpha value is -0.650. The first kappa shape index (κ1) is 18.4. The van der Waals surface area contributed by atoms with Crippen molar-refractivity contribution in [2.45, 2.75) is 69.0 Å². The van der Waals surface area contributed by atoms with Gasteiger partial charge in [0.05, 0.1) is 12.2 Å². The number of ether oxygens (including phenoxy) is 2. The molecule has 9 nitrogen and oxygen atoms in total. The molecule has 0 amide bonds. The zero-order valence-corrected chi connectivity index (χ0v) is 11.7. The smallest absolute Gasteiger partial charge is 0.187 e. The third kappa shape index (κ3) is 4.18. The lowest BCUT2D eigenvalue weighted by Gasteiger charge is -2.40. The van der Waals surface area contributed by atoms with E-state index in [9.17, 15) is 35.4 Å². The lowest BCUT2D eigenvalue weighted by Crippen LogP contribution is -2.59. The Labute approximate surface area is 121 Å². The van der Waals surface area contributed by atoms with Crippen molar-refractivity contribution in [2.24, 2.45) is 0 Å². The van der Waals surface area contributed by atoms with E-state index in [1.807, 2.05) is 0 Å². The van der Waals surface area contributed by atoms with Crippen LogP contribution in [0.3, 0.4) is 0 Å². The second-order valence-corrected chi connectivity index (χ2v) is 5.14. The van der Waals surface area contributed by atoms with E-state index in [1.165, 1.54) is 13.8 Å². The van der Waals surface area contributed by atoms with Crippen LogP contribution in [0.1, 0.15) is 13.8 Å². The highest BCUT2D eigenvalue weighted by Gasteiger charge is 2.44. The van der Waals surface area contributed by atoms with Crippen LogP contribution in [-0.2, 0) is 14.3 Å². The van der Waals surface area contributed by atoms with Gasteiger partial charge in [0.25, 0.3) is 0 Å². The average Bonchev–Trinajstić information content (AvgIpc) is 2.45. The SMILES string of the molecule is C[C@@H](O)[C@@H](O)[C@H](O)[C@H](C=O)O[C@@H]1O[C@H](C)[C@@H](O)[C@H](O)[C@H]1O. The molecule has 0 aliphatic carbocycles. The number of aliphatic hydroxyl groups excluding tert-OH is 6. The summed E-state index contributed by atoms with van der Waals surface area (Å²) in [6, 6.07) is 0. The molecule has 1 fully saturated rings. The molecular weight excluding hydrogens is 288 g/mol. The fraction of sp³-hybridized carbons (Fsp3) is 0.917. The van der Waals surface area contributed by atoms with Crippen LogP contribution in [0.5, 0.6) is 0 Å². The molecule has 9 atom stereocenters. The van der Waals surface area contributed by atoms with Crippen LogP contribution in [-0.4, -0.2) is 92.0 Å². The van der Waals surface area contributed by atoms with Gasteiger partial charge in [-0.1, -0.05) is 0 Å². The normalized spacial score (nSPS) is 39.3. The second kappa shape index (κ2) is 7.56. The standard InChI is InChI=1S/C12H22O9/c1-4(14)7(15)9(17)6(3-13)21-12-11(19)10(18)8(16)5(2)20-12/h3-12,14-19H,1-2H3/t4-,5-,6+,7-,8-,9-,10+,11-,12+/m1/s1. The summed E-state index contributed by atoms with van der Waals surface area (Å²) in [6.45, 7) is 2.64. The first-order valence-corrected chi connectivity index (χ1v) is 6.55. The molecule has 0 saturated carbocycles. The number of carbonyl (C=O) groups excluding carboxylic acids is 1. The van der Waals surface area contributed by atoms with Gasteiger partial charge < -0.3 is 44.9 Å². The number of hydrogen-bond donors (Lipinski definition) is 6. The summed E-state index contributed by atoms with van der Waals surface area (Å²) >= 11 is 0. The molecule has 1 aliphatic heterocycles. The van der Waals surface area contributed by atoms with E-state index >= 15 is 0 Å². The van der Waals surface area contributed by atoms with Gasteiger partial charge in [-0.2, -0.15) is 0 Å². The largest absolute Gasteiger partial charge is 0.391 e. The maximum atomic E-state index is 11.0. The van der Waals surface area contributed by atoms with E-state index < -0.39 is 55.1 Å². The molecule has 0 radical (unpaired) electrons. The van der Waals surface area contributed by atoms with E-state index in [2.05, 4.69) is 0 Å². The van der Waals surface area contributed by atoms with Crippen molar-refractivity contribution in [3.63, 3.8) is 0 Å². The summed E-state index contributed by atoms with van der Waals surface area (Å²) in [5.74, 6) is 0. The molecule has 0 aromatic carbocycles. The fourth-order valence-electron chi connectivity index (χ4n) is 1.95. The molecule has 0 aromatic rings. The number of aliphatic hydroxyl groups is 6.